The van der Waals surface area contributed by atoms with E-state index in [9.17, 15) is 9.59 Å². The maximum absolute atomic E-state index is 12.0. The molecule has 0 radical (unpaired) electrons. The lowest BCUT2D eigenvalue weighted by atomic mass is 10.1. The summed E-state index contributed by atoms with van der Waals surface area (Å²) in [4.78, 5) is 23.5. The second kappa shape index (κ2) is 7.04. The van der Waals surface area contributed by atoms with Crippen LogP contribution >= 0.6 is 0 Å². The minimum absolute atomic E-state index is 0.0428. The van der Waals surface area contributed by atoms with Gasteiger partial charge in [0.2, 0.25) is 5.91 Å². The summed E-state index contributed by atoms with van der Waals surface area (Å²) < 4.78 is 0. The topological polar surface area (TPSA) is 82.0 Å². The molecule has 5 heteroatoms. The Morgan fingerprint density at radius 3 is 2.64 bits per heavy atom. The first-order valence-electron chi connectivity index (χ1n) is 6.74. The molecule has 2 rings (SSSR count). The van der Waals surface area contributed by atoms with E-state index in [-0.39, 0.29) is 18.2 Å². The highest BCUT2D eigenvalue weighted by molar-refractivity contribution is 6.04. The lowest BCUT2D eigenvalue weighted by Crippen LogP contribution is -2.22. The third-order valence-corrected chi connectivity index (χ3v) is 3.03. The van der Waals surface area contributed by atoms with Gasteiger partial charge in [0.05, 0.1) is 23.9 Å². The quantitative estimate of drug-likeness (QED) is 0.830. The Bertz CT molecular complexity index is 748. The summed E-state index contributed by atoms with van der Waals surface area (Å²) in [6, 6.07) is 15.8. The number of hydrogen-bond donors (Lipinski definition) is 2. The van der Waals surface area contributed by atoms with E-state index >= 15 is 0 Å². The van der Waals surface area contributed by atoms with Crippen molar-refractivity contribution >= 4 is 23.1 Å². The molecule has 0 aliphatic carbocycles. The normalized spacial score (nSPS) is 9.64. The van der Waals surface area contributed by atoms with E-state index in [0.29, 0.717) is 22.5 Å². The lowest BCUT2D eigenvalue weighted by molar-refractivity contribution is -0.114. The number of amides is 1. The van der Waals surface area contributed by atoms with Gasteiger partial charge >= 0.3 is 0 Å². The summed E-state index contributed by atoms with van der Waals surface area (Å²) in [7, 11) is 0. The number of anilines is 2. The number of para-hydroxylation sites is 1. The van der Waals surface area contributed by atoms with Crippen LogP contribution in [0.5, 0.6) is 0 Å². The fourth-order valence-electron chi connectivity index (χ4n) is 1.97. The molecular formula is C17H15N3O2. The molecular weight excluding hydrogens is 278 g/mol. The Morgan fingerprint density at radius 1 is 1.14 bits per heavy atom. The number of nitriles is 1. The van der Waals surface area contributed by atoms with Gasteiger partial charge in [0.1, 0.15) is 0 Å². The van der Waals surface area contributed by atoms with E-state index in [2.05, 4.69) is 10.6 Å². The zero-order chi connectivity index (χ0) is 15.9. The van der Waals surface area contributed by atoms with Crippen LogP contribution in [0.3, 0.4) is 0 Å². The first-order chi connectivity index (χ1) is 10.6. The van der Waals surface area contributed by atoms with Gasteiger partial charge in [-0.1, -0.05) is 18.2 Å². The van der Waals surface area contributed by atoms with Crippen molar-refractivity contribution in [2.75, 3.05) is 17.2 Å². The van der Waals surface area contributed by atoms with Crippen LogP contribution in [0.15, 0.2) is 48.5 Å². The number of rotatable bonds is 5. The smallest absolute Gasteiger partial charge is 0.243 e. The van der Waals surface area contributed by atoms with Gasteiger partial charge < -0.3 is 10.6 Å². The fourth-order valence-corrected chi connectivity index (χ4v) is 1.97. The molecule has 2 N–H and O–H groups in total. The molecule has 0 atom stereocenters. The van der Waals surface area contributed by atoms with E-state index in [1.54, 1.807) is 48.5 Å². The second-order valence-electron chi connectivity index (χ2n) is 4.70. The predicted molar refractivity (Wildman–Crippen MR) is 84.7 cm³/mol. The third-order valence-electron chi connectivity index (χ3n) is 3.03. The lowest BCUT2D eigenvalue weighted by Gasteiger charge is -2.10. The number of nitrogens with one attached hydrogen (secondary N) is 2. The van der Waals surface area contributed by atoms with Crippen LogP contribution in [-0.4, -0.2) is 18.2 Å². The van der Waals surface area contributed by atoms with Crippen LogP contribution < -0.4 is 10.6 Å². The molecule has 0 saturated heterocycles. The SMILES string of the molecule is CC(=O)c1ccccc1NC(=O)CNc1cccc(C#N)c1. The largest absolute Gasteiger partial charge is 0.376 e. The first kappa shape index (κ1) is 15.3. The monoisotopic (exact) mass is 293 g/mol. The van der Waals surface area contributed by atoms with Gasteiger partial charge in [0, 0.05) is 11.3 Å². The molecule has 0 spiro atoms. The summed E-state index contributed by atoms with van der Waals surface area (Å²) in [6.45, 7) is 1.50. The Hall–Kier alpha value is -3.13. The number of carbonyl (C=O) groups excluding carboxylic acids is 2. The van der Waals surface area contributed by atoms with E-state index in [1.807, 2.05) is 6.07 Å². The van der Waals surface area contributed by atoms with Crippen molar-refractivity contribution in [2.24, 2.45) is 0 Å². The fraction of sp³-hybridized carbons (Fsp3) is 0.118. The van der Waals surface area contributed by atoms with Gasteiger partial charge in [0.15, 0.2) is 5.78 Å². The Morgan fingerprint density at radius 2 is 1.91 bits per heavy atom. The number of hydrogen-bond acceptors (Lipinski definition) is 4. The molecule has 2 aromatic rings. The molecule has 1 amide bonds. The average molecular weight is 293 g/mol. The van der Waals surface area contributed by atoms with Gasteiger partial charge in [-0.25, -0.2) is 0 Å². The highest BCUT2D eigenvalue weighted by Gasteiger charge is 2.09. The molecule has 22 heavy (non-hydrogen) atoms. The second-order valence-corrected chi connectivity index (χ2v) is 4.70. The van der Waals surface area contributed by atoms with Crippen molar-refractivity contribution in [3.63, 3.8) is 0 Å². The van der Waals surface area contributed by atoms with Gasteiger partial charge in [-0.05, 0) is 37.3 Å². The maximum Gasteiger partial charge on any atom is 0.243 e. The Balaban J connectivity index is 1.99. The summed E-state index contributed by atoms with van der Waals surface area (Å²) in [5.41, 5.74) is 2.18. The minimum atomic E-state index is -0.268. The summed E-state index contributed by atoms with van der Waals surface area (Å²) in [5.74, 6) is -0.373. The Kier molecular flexibility index (Phi) is 4.89. The molecule has 0 aliphatic heterocycles. The van der Waals surface area contributed by atoms with E-state index in [4.69, 9.17) is 5.26 Å². The third kappa shape index (κ3) is 3.93. The highest BCUT2D eigenvalue weighted by Crippen LogP contribution is 2.15. The highest BCUT2D eigenvalue weighted by atomic mass is 16.2. The zero-order valence-electron chi connectivity index (χ0n) is 12.1. The number of nitrogens with zero attached hydrogens (tertiary/aromatic N) is 1. The minimum Gasteiger partial charge on any atom is -0.376 e. The summed E-state index contributed by atoms with van der Waals surface area (Å²) in [5, 5.41) is 14.5. The average Bonchev–Trinajstić information content (AvgIpc) is 2.53. The standard InChI is InChI=1S/C17H15N3O2/c1-12(21)15-7-2-3-8-16(15)20-17(22)11-19-14-6-4-5-13(9-14)10-18/h2-9,19H,11H2,1H3,(H,20,22). The molecule has 0 bridgehead atoms. The van der Waals surface area contributed by atoms with Crippen molar-refractivity contribution in [2.45, 2.75) is 6.92 Å². The molecule has 0 aromatic heterocycles. The van der Waals surface area contributed by atoms with Gasteiger partial charge in [-0.3, -0.25) is 9.59 Å². The molecule has 0 aliphatic rings. The molecule has 0 saturated carbocycles. The van der Waals surface area contributed by atoms with Gasteiger partial charge in [-0.15, -0.1) is 0 Å². The maximum atomic E-state index is 12.0. The molecule has 2 aromatic carbocycles. The van der Waals surface area contributed by atoms with Crippen molar-refractivity contribution < 1.29 is 9.59 Å². The molecule has 110 valence electrons. The number of benzene rings is 2. The number of Topliss-reactive ketones (excluding diaryl/α,β-unsaturated/α-hetero) is 1. The first-order valence-corrected chi connectivity index (χ1v) is 6.74. The number of ketones is 1. The molecule has 0 heterocycles. The van der Waals surface area contributed by atoms with Crippen LogP contribution in [-0.2, 0) is 4.79 Å². The van der Waals surface area contributed by atoms with Crippen LogP contribution in [0.25, 0.3) is 0 Å². The predicted octanol–water partition coefficient (Wildman–Crippen LogP) is 2.81. The molecule has 0 unspecified atom stereocenters. The van der Waals surface area contributed by atoms with Crippen molar-refractivity contribution in [1.29, 1.82) is 5.26 Å². The van der Waals surface area contributed by atoms with Crippen molar-refractivity contribution in [3.05, 3.63) is 59.7 Å². The van der Waals surface area contributed by atoms with Crippen LogP contribution in [0.4, 0.5) is 11.4 Å². The zero-order valence-corrected chi connectivity index (χ0v) is 12.1. The van der Waals surface area contributed by atoms with E-state index in [0.717, 1.165) is 0 Å². The van der Waals surface area contributed by atoms with Crippen molar-refractivity contribution in [3.8, 4) is 6.07 Å². The summed E-state index contributed by atoms with van der Waals surface area (Å²) >= 11 is 0. The summed E-state index contributed by atoms with van der Waals surface area (Å²) in [6.07, 6.45) is 0. The van der Waals surface area contributed by atoms with Crippen LogP contribution in [0, 0.1) is 11.3 Å². The van der Waals surface area contributed by atoms with E-state index < -0.39 is 0 Å². The molecule has 5 nitrogen and oxygen atoms in total. The van der Waals surface area contributed by atoms with Crippen LogP contribution in [0.2, 0.25) is 0 Å². The van der Waals surface area contributed by atoms with Crippen molar-refractivity contribution in [1.82, 2.24) is 0 Å². The van der Waals surface area contributed by atoms with Gasteiger partial charge in [-0.2, -0.15) is 5.26 Å². The van der Waals surface area contributed by atoms with Crippen LogP contribution in [0.1, 0.15) is 22.8 Å². The number of carbonyl (C=O) groups is 2. The molecule has 0 fully saturated rings. The van der Waals surface area contributed by atoms with E-state index in [1.165, 1.54) is 6.92 Å². The van der Waals surface area contributed by atoms with Gasteiger partial charge in [0.25, 0.3) is 0 Å². The Labute approximate surface area is 128 Å².